The average molecular weight is 257 g/mol. The van der Waals surface area contributed by atoms with E-state index in [4.69, 9.17) is 11.6 Å². The van der Waals surface area contributed by atoms with Crippen molar-refractivity contribution < 1.29 is 4.79 Å². The Hall–Kier alpha value is -1.07. The highest BCUT2D eigenvalue weighted by Crippen LogP contribution is 2.14. The minimum atomic E-state index is -0.184. The van der Waals surface area contributed by atoms with E-state index in [-0.39, 0.29) is 11.9 Å². The van der Waals surface area contributed by atoms with E-state index in [0.29, 0.717) is 17.3 Å². The van der Waals surface area contributed by atoms with Gasteiger partial charge < -0.3 is 10.6 Å². The lowest BCUT2D eigenvalue weighted by Gasteiger charge is -2.23. The Bertz CT molecular complexity index is 398. The number of carbonyl (C=O) groups is 1. The monoisotopic (exact) mass is 256 g/mol. The first-order valence-corrected chi connectivity index (χ1v) is 6.33. The number of nitrogens with zero attached hydrogens (tertiary/aromatic N) is 2. The van der Waals surface area contributed by atoms with Gasteiger partial charge in [0, 0.05) is 25.3 Å². The molecular formula is C11H17ClN4O. The van der Waals surface area contributed by atoms with Crippen LogP contribution in [0.2, 0.25) is 5.02 Å². The van der Waals surface area contributed by atoms with Crippen LogP contribution in [0.25, 0.3) is 0 Å². The highest BCUT2D eigenvalue weighted by atomic mass is 35.5. The van der Waals surface area contributed by atoms with Gasteiger partial charge in [-0.25, -0.2) is 0 Å². The van der Waals surface area contributed by atoms with E-state index in [1.807, 2.05) is 6.92 Å². The first kappa shape index (κ1) is 12.4. The molecule has 0 bridgehead atoms. The van der Waals surface area contributed by atoms with Crippen LogP contribution in [0.15, 0.2) is 6.20 Å². The first-order valence-electron chi connectivity index (χ1n) is 5.95. The summed E-state index contributed by atoms with van der Waals surface area (Å²) in [6.45, 7) is 4.50. The summed E-state index contributed by atoms with van der Waals surface area (Å²) in [5.41, 5.74) is 0.319. The molecule has 1 aromatic heterocycles. The van der Waals surface area contributed by atoms with Crippen LogP contribution < -0.4 is 10.6 Å². The number of rotatable bonds is 3. The van der Waals surface area contributed by atoms with Gasteiger partial charge in [-0.2, -0.15) is 5.10 Å². The zero-order valence-electron chi connectivity index (χ0n) is 9.87. The zero-order chi connectivity index (χ0) is 12.3. The summed E-state index contributed by atoms with van der Waals surface area (Å²) in [6, 6.07) is 0.180. The highest BCUT2D eigenvalue weighted by molar-refractivity contribution is 6.33. The molecule has 2 rings (SSSR count). The lowest BCUT2D eigenvalue weighted by molar-refractivity contribution is 0.0925. The number of aryl methyl sites for hydroxylation is 1. The van der Waals surface area contributed by atoms with Crippen molar-refractivity contribution in [2.24, 2.45) is 0 Å². The summed E-state index contributed by atoms with van der Waals surface area (Å²) in [5, 5.41) is 10.8. The molecule has 6 heteroatoms. The van der Waals surface area contributed by atoms with Crippen molar-refractivity contribution >= 4 is 17.5 Å². The molecule has 1 aliphatic heterocycles. The van der Waals surface area contributed by atoms with E-state index in [9.17, 15) is 4.79 Å². The topological polar surface area (TPSA) is 59.0 Å². The summed E-state index contributed by atoms with van der Waals surface area (Å²) in [5.74, 6) is -0.184. The summed E-state index contributed by atoms with van der Waals surface area (Å²) < 4.78 is 1.66. The summed E-state index contributed by atoms with van der Waals surface area (Å²) in [7, 11) is 0. The average Bonchev–Trinajstić information content (AvgIpc) is 2.72. The number of amides is 1. The number of carbonyl (C=O) groups excluding carboxylic acids is 1. The third-order valence-electron chi connectivity index (χ3n) is 2.89. The lowest BCUT2D eigenvalue weighted by atomic mass is 10.1. The number of piperidine rings is 1. The fraction of sp³-hybridized carbons (Fsp3) is 0.636. The Morgan fingerprint density at radius 2 is 2.59 bits per heavy atom. The second kappa shape index (κ2) is 5.51. The second-order valence-electron chi connectivity index (χ2n) is 4.20. The number of halogens is 1. The highest BCUT2D eigenvalue weighted by Gasteiger charge is 2.20. The van der Waals surface area contributed by atoms with Gasteiger partial charge in [-0.3, -0.25) is 9.48 Å². The van der Waals surface area contributed by atoms with Gasteiger partial charge in [-0.05, 0) is 26.3 Å². The molecule has 2 N–H and O–H groups in total. The molecule has 1 saturated heterocycles. The zero-order valence-corrected chi connectivity index (χ0v) is 10.6. The summed E-state index contributed by atoms with van der Waals surface area (Å²) in [6.07, 6.45) is 3.77. The van der Waals surface area contributed by atoms with Gasteiger partial charge in [-0.1, -0.05) is 11.6 Å². The molecule has 0 aromatic carbocycles. The standard InChI is InChI=1S/C11H17ClN4O/c1-2-16-7-9(12)10(15-16)11(17)14-8-4-3-5-13-6-8/h7-8,13H,2-6H2,1H3,(H,14,17)/t8-/m1/s1. The van der Waals surface area contributed by atoms with Gasteiger partial charge in [0.25, 0.3) is 5.91 Å². The predicted molar refractivity (Wildman–Crippen MR) is 66.3 cm³/mol. The second-order valence-corrected chi connectivity index (χ2v) is 4.61. The molecule has 0 saturated carbocycles. The molecule has 5 nitrogen and oxygen atoms in total. The molecule has 1 atom stereocenters. The molecule has 17 heavy (non-hydrogen) atoms. The maximum absolute atomic E-state index is 12.0. The minimum Gasteiger partial charge on any atom is -0.347 e. The predicted octanol–water partition coefficient (Wildman–Crippen LogP) is 1.04. The van der Waals surface area contributed by atoms with E-state index >= 15 is 0 Å². The van der Waals surface area contributed by atoms with Gasteiger partial charge in [-0.15, -0.1) is 0 Å². The van der Waals surface area contributed by atoms with Gasteiger partial charge in [0.05, 0.1) is 5.02 Å². The maximum atomic E-state index is 12.0. The fourth-order valence-electron chi connectivity index (χ4n) is 1.94. The summed E-state index contributed by atoms with van der Waals surface area (Å²) >= 11 is 5.98. The third kappa shape index (κ3) is 2.98. The third-order valence-corrected chi connectivity index (χ3v) is 3.16. The smallest absolute Gasteiger partial charge is 0.273 e. The number of hydrogen-bond donors (Lipinski definition) is 2. The summed E-state index contributed by atoms with van der Waals surface area (Å²) in [4.78, 5) is 12.0. The van der Waals surface area contributed by atoms with Crippen LogP contribution in [0.3, 0.4) is 0 Å². The van der Waals surface area contributed by atoms with Crippen molar-refractivity contribution in [2.75, 3.05) is 13.1 Å². The van der Waals surface area contributed by atoms with E-state index in [1.54, 1.807) is 10.9 Å². The minimum absolute atomic E-state index is 0.180. The van der Waals surface area contributed by atoms with Gasteiger partial charge in [0.15, 0.2) is 5.69 Å². The van der Waals surface area contributed by atoms with Gasteiger partial charge in [0.1, 0.15) is 0 Å². The largest absolute Gasteiger partial charge is 0.347 e. The fourth-order valence-corrected chi connectivity index (χ4v) is 2.18. The lowest BCUT2D eigenvalue weighted by Crippen LogP contribution is -2.45. The van der Waals surface area contributed by atoms with Crippen LogP contribution in [-0.2, 0) is 6.54 Å². The molecule has 0 aliphatic carbocycles. The van der Waals surface area contributed by atoms with Crippen LogP contribution in [0, 0.1) is 0 Å². The van der Waals surface area contributed by atoms with Crippen molar-refractivity contribution in [3.63, 3.8) is 0 Å². The van der Waals surface area contributed by atoms with Gasteiger partial charge in [0.2, 0.25) is 0 Å². The van der Waals surface area contributed by atoms with Crippen molar-refractivity contribution in [3.8, 4) is 0 Å². The maximum Gasteiger partial charge on any atom is 0.273 e. The molecular weight excluding hydrogens is 240 g/mol. The van der Waals surface area contributed by atoms with Crippen molar-refractivity contribution in [3.05, 3.63) is 16.9 Å². The molecule has 2 heterocycles. The molecule has 0 spiro atoms. The van der Waals surface area contributed by atoms with Crippen LogP contribution in [-0.4, -0.2) is 34.8 Å². The number of aromatic nitrogens is 2. The van der Waals surface area contributed by atoms with Crippen LogP contribution in [0.1, 0.15) is 30.3 Å². The van der Waals surface area contributed by atoms with E-state index in [0.717, 1.165) is 25.9 Å². The Morgan fingerprint density at radius 3 is 3.18 bits per heavy atom. The molecule has 1 amide bonds. The Morgan fingerprint density at radius 1 is 1.76 bits per heavy atom. The molecule has 0 radical (unpaired) electrons. The van der Waals surface area contributed by atoms with Crippen LogP contribution in [0.5, 0.6) is 0 Å². The van der Waals surface area contributed by atoms with E-state index < -0.39 is 0 Å². The van der Waals surface area contributed by atoms with Crippen molar-refractivity contribution in [1.82, 2.24) is 20.4 Å². The van der Waals surface area contributed by atoms with Crippen LogP contribution >= 0.6 is 11.6 Å². The normalized spacial score (nSPS) is 20.2. The molecule has 0 unspecified atom stereocenters. The molecule has 1 aromatic rings. The number of nitrogens with one attached hydrogen (secondary N) is 2. The Balaban J connectivity index is 2.00. The van der Waals surface area contributed by atoms with Crippen LogP contribution in [0.4, 0.5) is 0 Å². The first-order chi connectivity index (χ1) is 8.20. The van der Waals surface area contributed by atoms with Crippen molar-refractivity contribution in [1.29, 1.82) is 0 Å². The quantitative estimate of drug-likeness (QED) is 0.850. The SMILES string of the molecule is CCn1cc(Cl)c(C(=O)N[C@@H]2CCCNC2)n1. The van der Waals surface area contributed by atoms with E-state index in [1.165, 1.54) is 0 Å². The molecule has 1 aliphatic rings. The number of hydrogen-bond acceptors (Lipinski definition) is 3. The molecule has 94 valence electrons. The van der Waals surface area contributed by atoms with E-state index in [2.05, 4.69) is 15.7 Å². The Labute approximate surface area is 106 Å². The Kier molecular flexibility index (Phi) is 4.02. The van der Waals surface area contributed by atoms with Gasteiger partial charge >= 0.3 is 0 Å². The molecule has 1 fully saturated rings. The van der Waals surface area contributed by atoms with Crippen molar-refractivity contribution in [2.45, 2.75) is 32.4 Å².